The first-order valence-electron chi connectivity index (χ1n) is 9.04. The van der Waals surface area contributed by atoms with E-state index in [4.69, 9.17) is 0 Å². The Morgan fingerprint density at radius 1 is 1.35 bits per heavy atom. The normalized spacial score (nSPS) is 16.7. The zero-order valence-electron chi connectivity index (χ0n) is 15.5. The minimum Gasteiger partial charge on any atom is -0.352 e. The first kappa shape index (κ1) is 18.1. The number of nitrogens with one attached hydrogen (secondary N) is 1. The molecule has 2 aromatic rings. The summed E-state index contributed by atoms with van der Waals surface area (Å²) >= 11 is 0. The summed E-state index contributed by atoms with van der Waals surface area (Å²) < 4.78 is 1.84. The average Bonchev–Trinajstić information content (AvgIpc) is 3.26. The predicted molar refractivity (Wildman–Crippen MR) is 97.4 cm³/mol. The summed E-state index contributed by atoms with van der Waals surface area (Å²) in [6.45, 7) is 7.40. The summed E-state index contributed by atoms with van der Waals surface area (Å²) in [7, 11) is 0. The quantitative estimate of drug-likeness (QED) is 0.892. The van der Waals surface area contributed by atoms with Crippen molar-refractivity contribution in [3.63, 3.8) is 0 Å². The Morgan fingerprint density at radius 3 is 2.77 bits per heavy atom. The zero-order chi connectivity index (χ0) is 18.7. The first-order valence-corrected chi connectivity index (χ1v) is 9.04. The lowest BCUT2D eigenvalue weighted by Crippen LogP contribution is -2.31. The van der Waals surface area contributed by atoms with E-state index in [9.17, 15) is 9.59 Å². The van der Waals surface area contributed by atoms with Gasteiger partial charge >= 0.3 is 0 Å². The maximum atomic E-state index is 12.9. The summed E-state index contributed by atoms with van der Waals surface area (Å²) in [6.07, 6.45) is 3.62. The maximum absolute atomic E-state index is 12.9. The number of hydrogen-bond acceptors (Lipinski definition) is 4. The molecule has 1 saturated heterocycles. The number of nitrogens with zero attached hydrogens (tertiary/aromatic N) is 4. The Hall–Kier alpha value is -2.70. The molecular weight excluding hydrogens is 330 g/mol. The molecule has 2 amide bonds. The van der Waals surface area contributed by atoms with Crippen molar-refractivity contribution in [1.29, 1.82) is 0 Å². The second kappa shape index (κ2) is 7.68. The molecule has 1 aliphatic heterocycles. The molecule has 0 radical (unpaired) electrons. The van der Waals surface area contributed by atoms with Crippen molar-refractivity contribution in [1.82, 2.24) is 25.0 Å². The Labute approximate surface area is 153 Å². The number of aryl methyl sites for hydroxylation is 2. The van der Waals surface area contributed by atoms with Crippen LogP contribution in [0.4, 0.5) is 0 Å². The van der Waals surface area contributed by atoms with Crippen LogP contribution in [0.15, 0.2) is 24.4 Å². The van der Waals surface area contributed by atoms with Crippen LogP contribution >= 0.6 is 0 Å². The van der Waals surface area contributed by atoms with E-state index in [1.807, 2.05) is 41.6 Å². The fourth-order valence-corrected chi connectivity index (χ4v) is 3.36. The molecule has 0 aromatic carbocycles. The first-order chi connectivity index (χ1) is 12.5. The number of hydrogen-bond donors (Lipinski definition) is 1. The highest BCUT2D eigenvalue weighted by molar-refractivity contribution is 5.92. The van der Waals surface area contributed by atoms with Gasteiger partial charge in [-0.1, -0.05) is 6.07 Å². The molecule has 0 bridgehead atoms. The highest BCUT2D eigenvalue weighted by Gasteiger charge is 2.32. The molecule has 1 aliphatic rings. The molecule has 2 aromatic heterocycles. The largest absolute Gasteiger partial charge is 0.352 e. The fourth-order valence-electron chi connectivity index (χ4n) is 3.36. The van der Waals surface area contributed by atoms with Gasteiger partial charge in [-0.05, 0) is 44.4 Å². The monoisotopic (exact) mass is 355 g/mol. The number of likely N-dealkylation sites (tertiary alicyclic amines) is 1. The van der Waals surface area contributed by atoms with Crippen molar-refractivity contribution in [2.75, 3.05) is 6.54 Å². The van der Waals surface area contributed by atoms with Gasteiger partial charge in [-0.25, -0.2) is 0 Å². The number of aromatic nitrogens is 3. The van der Waals surface area contributed by atoms with E-state index in [2.05, 4.69) is 15.4 Å². The van der Waals surface area contributed by atoms with Gasteiger partial charge < -0.3 is 10.2 Å². The van der Waals surface area contributed by atoms with Crippen LogP contribution in [0.2, 0.25) is 0 Å². The third kappa shape index (κ3) is 3.76. The van der Waals surface area contributed by atoms with E-state index < -0.39 is 0 Å². The molecule has 1 atom stereocenters. The highest BCUT2D eigenvalue weighted by atomic mass is 16.2. The lowest BCUT2D eigenvalue weighted by Gasteiger charge is -2.23. The average molecular weight is 355 g/mol. The number of carbonyl (C=O) groups is 2. The van der Waals surface area contributed by atoms with Crippen LogP contribution < -0.4 is 5.32 Å². The molecule has 1 unspecified atom stereocenters. The van der Waals surface area contributed by atoms with Crippen LogP contribution in [0.3, 0.4) is 0 Å². The van der Waals surface area contributed by atoms with Crippen molar-refractivity contribution in [3.05, 3.63) is 47.0 Å². The summed E-state index contributed by atoms with van der Waals surface area (Å²) in [6, 6.07) is 5.73. The van der Waals surface area contributed by atoms with Crippen molar-refractivity contribution < 1.29 is 9.59 Å². The van der Waals surface area contributed by atoms with E-state index in [0.29, 0.717) is 12.2 Å². The molecule has 138 valence electrons. The number of amides is 2. The van der Waals surface area contributed by atoms with E-state index in [1.54, 1.807) is 6.20 Å². The lowest BCUT2D eigenvalue weighted by atomic mass is 10.1. The summed E-state index contributed by atoms with van der Waals surface area (Å²) in [5.74, 6) is -0.102. The van der Waals surface area contributed by atoms with Crippen LogP contribution in [-0.4, -0.2) is 38.0 Å². The third-order valence-electron chi connectivity index (χ3n) is 4.74. The zero-order valence-corrected chi connectivity index (χ0v) is 15.5. The SMILES string of the molecule is CCn1nc(C(=O)N2CCCC2c2ccc(CNC(C)=O)cn2)cc1C. The molecular formula is C19H25N5O2. The van der Waals surface area contributed by atoms with Crippen molar-refractivity contribution in [3.8, 4) is 0 Å². The summed E-state index contributed by atoms with van der Waals surface area (Å²) in [5, 5.41) is 7.18. The number of rotatable bonds is 5. The van der Waals surface area contributed by atoms with E-state index in [1.165, 1.54) is 6.92 Å². The van der Waals surface area contributed by atoms with Crippen molar-refractivity contribution >= 4 is 11.8 Å². The lowest BCUT2D eigenvalue weighted by molar-refractivity contribution is -0.119. The molecule has 0 aliphatic carbocycles. The molecule has 1 fully saturated rings. The summed E-state index contributed by atoms with van der Waals surface area (Å²) in [4.78, 5) is 30.3. The molecule has 3 rings (SSSR count). The maximum Gasteiger partial charge on any atom is 0.274 e. The molecule has 0 spiro atoms. The second-order valence-electron chi connectivity index (χ2n) is 6.64. The van der Waals surface area contributed by atoms with Crippen LogP contribution in [0.25, 0.3) is 0 Å². The van der Waals surface area contributed by atoms with Gasteiger partial charge in [-0.3, -0.25) is 19.3 Å². The van der Waals surface area contributed by atoms with Gasteiger partial charge in [-0.2, -0.15) is 5.10 Å². The number of carbonyl (C=O) groups excluding carboxylic acids is 2. The van der Waals surface area contributed by atoms with Crippen molar-refractivity contribution in [2.45, 2.75) is 52.7 Å². The van der Waals surface area contributed by atoms with Crippen LogP contribution in [0.5, 0.6) is 0 Å². The Morgan fingerprint density at radius 2 is 2.15 bits per heavy atom. The van der Waals surface area contributed by atoms with Crippen LogP contribution in [0.1, 0.15) is 60.2 Å². The highest BCUT2D eigenvalue weighted by Crippen LogP contribution is 2.32. The molecule has 1 N–H and O–H groups in total. The van der Waals surface area contributed by atoms with Crippen LogP contribution in [0, 0.1) is 6.92 Å². The molecule has 0 saturated carbocycles. The Bertz CT molecular complexity index is 797. The second-order valence-corrected chi connectivity index (χ2v) is 6.64. The third-order valence-corrected chi connectivity index (χ3v) is 4.74. The van der Waals surface area contributed by atoms with Gasteiger partial charge in [-0.15, -0.1) is 0 Å². The molecule has 7 heteroatoms. The molecule has 26 heavy (non-hydrogen) atoms. The Balaban J connectivity index is 1.75. The minimum absolute atomic E-state index is 0.0237. The van der Waals surface area contributed by atoms with Gasteiger partial charge in [0, 0.05) is 38.4 Å². The van der Waals surface area contributed by atoms with Gasteiger partial charge in [0.2, 0.25) is 5.91 Å². The fraction of sp³-hybridized carbons (Fsp3) is 0.474. The standard InChI is InChI=1S/C19H25N5O2/c1-4-24-13(2)10-17(22-24)19(26)23-9-5-6-18(23)16-8-7-15(12-21-16)11-20-14(3)25/h7-8,10,12,18H,4-6,9,11H2,1-3H3,(H,20,25). The van der Waals surface area contributed by atoms with Gasteiger partial charge in [0.1, 0.15) is 0 Å². The smallest absolute Gasteiger partial charge is 0.274 e. The number of pyridine rings is 1. The molecule has 7 nitrogen and oxygen atoms in total. The van der Waals surface area contributed by atoms with Gasteiger partial charge in [0.25, 0.3) is 5.91 Å². The van der Waals surface area contributed by atoms with Gasteiger partial charge in [0.05, 0.1) is 11.7 Å². The van der Waals surface area contributed by atoms with Crippen LogP contribution in [-0.2, 0) is 17.9 Å². The van der Waals surface area contributed by atoms with E-state index >= 15 is 0 Å². The predicted octanol–water partition coefficient (Wildman–Crippen LogP) is 2.22. The Kier molecular flexibility index (Phi) is 5.35. The minimum atomic E-state index is -0.0662. The van der Waals surface area contributed by atoms with E-state index in [-0.39, 0.29) is 17.9 Å². The van der Waals surface area contributed by atoms with Gasteiger partial charge in [0.15, 0.2) is 5.69 Å². The van der Waals surface area contributed by atoms with E-state index in [0.717, 1.165) is 42.9 Å². The van der Waals surface area contributed by atoms with Crippen molar-refractivity contribution in [2.24, 2.45) is 0 Å². The topological polar surface area (TPSA) is 80.1 Å². The molecule has 3 heterocycles. The summed E-state index contributed by atoms with van der Waals surface area (Å²) in [5.41, 5.74) is 3.32.